The van der Waals surface area contributed by atoms with E-state index in [-0.39, 0.29) is 24.0 Å². The number of hydrogen-bond donors (Lipinski definition) is 1. The van der Waals surface area contributed by atoms with Gasteiger partial charge in [0.15, 0.2) is 5.96 Å². The smallest absolute Gasteiger partial charge is 0.193 e. The van der Waals surface area contributed by atoms with Gasteiger partial charge in [-0.05, 0) is 31.1 Å². The lowest BCUT2D eigenvalue weighted by Crippen LogP contribution is -2.39. The summed E-state index contributed by atoms with van der Waals surface area (Å²) in [6.07, 6.45) is 3.62. The molecule has 126 valence electrons. The number of thiazole rings is 1. The first-order valence-corrected chi connectivity index (χ1v) is 8.89. The highest BCUT2D eigenvalue weighted by Gasteiger charge is 2.25. The first kappa shape index (κ1) is 19.7. The van der Waals surface area contributed by atoms with Gasteiger partial charge < -0.3 is 10.2 Å². The molecule has 1 saturated heterocycles. The van der Waals surface area contributed by atoms with Gasteiger partial charge in [0.05, 0.1) is 17.2 Å². The third kappa shape index (κ3) is 5.68. The van der Waals surface area contributed by atoms with Crippen molar-refractivity contribution in [2.24, 2.45) is 16.8 Å². The number of rotatable bonds is 5. The lowest BCUT2D eigenvalue weighted by molar-refractivity contribution is 0.403. The molecule has 1 aliphatic rings. The fourth-order valence-corrected chi connectivity index (χ4v) is 3.72. The summed E-state index contributed by atoms with van der Waals surface area (Å²) in [5.41, 5.74) is 1.12. The third-order valence-electron chi connectivity index (χ3n) is 3.93. The lowest BCUT2D eigenvalue weighted by atomic mass is 9.97. The van der Waals surface area contributed by atoms with Crippen LogP contribution in [0.25, 0.3) is 0 Å². The number of aromatic nitrogens is 1. The highest BCUT2D eigenvalue weighted by molar-refractivity contribution is 14.0. The van der Waals surface area contributed by atoms with Crippen molar-refractivity contribution in [1.29, 1.82) is 0 Å². The number of nitrogens with zero attached hydrogens (tertiary/aromatic N) is 3. The summed E-state index contributed by atoms with van der Waals surface area (Å²) >= 11 is 1.74. The van der Waals surface area contributed by atoms with E-state index in [2.05, 4.69) is 46.3 Å². The summed E-state index contributed by atoms with van der Waals surface area (Å²) in [5.74, 6) is 2.62. The van der Waals surface area contributed by atoms with Crippen LogP contribution in [0, 0.1) is 11.8 Å². The zero-order valence-electron chi connectivity index (χ0n) is 14.1. The highest BCUT2D eigenvalue weighted by Crippen LogP contribution is 2.23. The van der Waals surface area contributed by atoms with Crippen molar-refractivity contribution < 1.29 is 0 Å². The van der Waals surface area contributed by atoms with Gasteiger partial charge in [-0.3, -0.25) is 4.99 Å². The molecule has 0 aromatic carbocycles. The van der Waals surface area contributed by atoms with E-state index >= 15 is 0 Å². The number of aryl methyl sites for hydroxylation is 1. The average Bonchev–Trinajstić information content (AvgIpc) is 3.08. The van der Waals surface area contributed by atoms with Crippen LogP contribution in [-0.4, -0.2) is 36.0 Å². The summed E-state index contributed by atoms with van der Waals surface area (Å²) in [6, 6.07) is 0. The molecule has 1 aliphatic heterocycles. The van der Waals surface area contributed by atoms with E-state index in [1.54, 1.807) is 11.3 Å². The van der Waals surface area contributed by atoms with Crippen LogP contribution in [0.3, 0.4) is 0 Å². The normalized spacial score (nSPS) is 18.7. The summed E-state index contributed by atoms with van der Waals surface area (Å²) in [5, 5.41) is 6.81. The monoisotopic (exact) mass is 436 g/mol. The molecular formula is C16H29IN4S. The molecule has 1 atom stereocenters. The average molecular weight is 436 g/mol. The standard InChI is InChI=1S/C16H28N4S.HI/c1-5-15-19-14(11-21-15)9-18-16(17-4)20-7-6-13(10-20)8-12(2)3;/h11-13H,5-10H2,1-4H3,(H,17,18);1H. The molecule has 1 fully saturated rings. The summed E-state index contributed by atoms with van der Waals surface area (Å²) in [4.78, 5) is 11.4. The predicted octanol–water partition coefficient (Wildman–Crippen LogP) is 3.77. The number of hydrogen-bond acceptors (Lipinski definition) is 3. The first-order valence-electron chi connectivity index (χ1n) is 8.01. The molecule has 4 nitrogen and oxygen atoms in total. The number of likely N-dealkylation sites (tertiary alicyclic amines) is 1. The number of aliphatic imine (C=N–C) groups is 1. The van der Waals surface area contributed by atoms with Crippen LogP contribution in [0.15, 0.2) is 10.4 Å². The molecule has 0 spiro atoms. The van der Waals surface area contributed by atoms with Gasteiger partial charge in [-0.25, -0.2) is 4.98 Å². The van der Waals surface area contributed by atoms with Crippen LogP contribution in [-0.2, 0) is 13.0 Å². The molecule has 1 unspecified atom stereocenters. The fraction of sp³-hybridized carbons (Fsp3) is 0.750. The molecule has 1 aromatic rings. The zero-order valence-corrected chi connectivity index (χ0v) is 17.3. The Morgan fingerprint density at radius 2 is 2.32 bits per heavy atom. The van der Waals surface area contributed by atoms with Gasteiger partial charge in [-0.1, -0.05) is 20.8 Å². The molecule has 1 aromatic heterocycles. The minimum Gasteiger partial charge on any atom is -0.351 e. The molecule has 0 amide bonds. The summed E-state index contributed by atoms with van der Waals surface area (Å²) in [6.45, 7) is 9.79. The van der Waals surface area contributed by atoms with E-state index in [0.717, 1.165) is 49.5 Å². The SMILES string of the molecule is CCc1nc(CNC(=NC)N2CCC(CC(C)C)C2)cs1.I. The van der Waals surface area contributed by atoms with Gasteiger partial charge in [-0.2, -0.15) is 0 Å². The molecule has 2 rings (SSSR count). The van der Waals surface area contributed by atoms with Crippen LogP contribution < -0.4 is 5.32 Å². The molecule has 0 saturated carbocycles. The highest BCUT2D eigenvalue weighted by atomic mass is 127. The molecule has 6 heteroatoms. The van der Waals surface area contributed by atoms with Gasteiger partial charge in [-0.15, -0.1) is 35.3 Å². The Hall–Kier alpha value is -0.370. The van der Waals surface area contributed by atoms with Crippen LogP contribution in [0.5, 0.6) is 0 Å². The lowest BCUT2D eigenvalue weighted by Gasteiger charge is -2.21. The molecule has 0 radical (unpaired) electrons. The topological polar surface area (TPSA) is 40.5 Å². The van der Waals surface area contributed by atoms with E-state index < -0.39 is 0 Å². The van der Waals surface area contributed by atoms with E-state index in [0.29, 0.717) is 0 Å². The maximum atomic E-state index is 4.60. The van der Waals surface area contributed by atoms with Gasteiger partial charge in [0, 0.05) is 25.5 Å². The van der Waals surface area contributed by atoms with E-state index in [1.165, 1.54) is 17.8 Å². The molecular weight excluding hydrogens is 407 g/mol. The van der Waals surface area contributed by atoms with Crippen LogP contribution in [0.2, 0.25) is 0 Å². The minimum absolute atomic E-state index is 0. The van der Waals surface area contributed by atoms with Gasteiger partial charge in [0.2, 0.25) is 0 Å². The number of halogens is 1. The Morgan fingerprint density at radius 3 is 2.91 bits per heavy atom. The Bertz CT molecular complexity index is 472. The Balaban J connectivity index is 0.00000242. The van der Waals surface area contributed by atoms with Crippen molar-refractivity contribution in [2.75, 3.05) is 20.1 Å². The molecule has 0 aliphatic carbocycles. The second kappa shape index (κ2) is 9.70. The van der Waals surface area contributed by atoms with Crippen molar-refractivity contribution in [3.05, 3.63) is 16.1 Å². The van der Waals surface area contributed by atoms with Crippen molar-refractivity contribution in [1.82, 2.24) is 15.2 Å². The largest absolute Gasteiger partial charge is 0.351 e. The van der Waals surface area contributed by atoms with Gasteiger partial charge in [0.1, 0.15) is 0 Å². The van der Waals surface area contributed by atoms with Crippen LogP contribution >= 0.6 is 35.3 Å². The van der Waals surface area contributed by atoms with E-state index in [1.807, 2.05) is 7.05 Å². The van der Waals surface area contributed by atoms with Crippen molar-refractivity contribution >= 4 is 41.3 Å². The Kier molecular flexibility index (Phi) is 8.67. The Morgan fingerprint density at radius 1 is 1.55 bits per heavy atom. The third-order valence-corrected chi connectivity index (χ3v) is 4.97. The summed E-state index contributed by atoms with van der Waals surface area (Å²) in [7, 11) is 1.87. The maximum absolute atomic E-state index is 4.60. The maximum Gasteiger partial charge on any atom is 0.193 e. The Labute approximate surface area is 155 Å². The molecule has 2 heterocycles. The quantitative estimate of drug-likeness (QED) is 0.434. The molecule has 0 bridgehead atoms. The van der Waals surface area contributed by atoms with E-state index in [4.69, 9.17) is 0 Å². The molecule has 1 N–H and O–H groups in total. The minimum atomic E-state index is 0. The van der Waals surface area contributed by atoms with Crippen molar-refractivity contribution in [2.45, 2.75) is 46.6 Å². The number of nitrogens with one attached hydrogen (secondary N) is 1. The van der Waals surface area contributed by atoms with Crippen LogP contribution in [0.4, 0.5) is 0 Å². The second-order valence-corrected chi connectivity index (χ2v) is 7.16. The van der Waals surface area contributed by atoms with Gasteiger partial charge in [0.25, 0.3) is 0 Å². The second-order valence-electron chi connectivity index (χ2n) is 6.22. The van der Waals surface area contributed by atoms with Crippen molar-refractivity contribution in [3.8, 4) is 0 Å². The predicted molar refractivity (Wildman–Crippen MR) is 106 cm³/mol. The zero-order chi connectivity index (χ0) is 15.2. The number of guanidine groups is 1. The molecule has 22 heavy (non-hydrogen) atoms. The van der Waals surface area contributed by atoms with Crippen molar-refractivity contribution in [3.63, 3.8) is 0 Å². The van der Waals surface area contributed by atoms with E-state index in [9.17, 15) is 0 Å². The first-order chi connectivity index (χ1) is 10.1. The van der Waals surface area contributed by atoms with Gasteiger partial charge >= 0.3 is 0 Å². The fourth-order valence-electron chi connectivity index (χ4n) is 2.98. The summed E-state index contributed by atoms with van der Waals surface area (Å²) < 4.78 is 0. The van der Waals surface area contributed by atoms with Crippen LogP contribution in [0.1, 0.15) is 44.3 Å².